The summed E-state index contributed by atoms with van der Waals surface area (Å²) in [5.41, 5.74) is 0.980. The number of ether oxygens (including phenoxy) is 2. The summed E-state index contributed by atoms with van der Waals surface area (Å²) in [4.78, 5) is 12.6. The van der Waals surface area contributed by atoms with Crippen LogP contribution in [0.15, 0.2) is 52.9 Å². The summed E-state index contributed by atoms with van der Waals surface area (Å²) in [5.74, 6) is 0.418. The number of nitrogens with zero attached hydrogens (tertiary/aromatic N) is 3. The lowest BCUT2D eigenvalue weighted by Crippen LogP contribution is -2.12. The largest absolute Gasteiger partial charge is 0.497 e. The van der Waals surface area contributed by atoms with Crippen molar-refractivity contribution in [2.75, 3.05) is 12.4 Å². The van der Waals surface area contributed by atoms with E-state index in [1.165, 1.54) is 0 Å². The molecule has 9 nitrogen and oxygen atoms in total. The van der Waals surface area contributed by atoms with E-state index in [-0.39, 0.29) is 17.7 Å². The summed E-state index contributed by atoms with van der Waals surface area (Å²) in [6.07, 6.45) is 0. The molecule has 0 fully saturated rings. The number of furan rings is 1. The molecule has 0 unspecified atom stereocenters. The number of carbonyl (C=O) groups is 1. The van der Waals surface area contributed by atoms with Gasteiger partial charge in [-0.15, -0.1) is 5.10 Å². The maximum Gasteiger partial charge on any atom is 0.294 e. The number of anilines is 1. The van der Waals surface area contributed by atoms with E-state index in [2.05, 4.69) is 25.9 Å². The number of amides is 1. The van der Waals surface area contributed by atoms with Crippen LogP contribution < -0.4 is 14.8 Å². The van der Waals surface area contributed by atoms with Crippen LogP contribution in [-0.4, -0.2) is 33.6 Å². The predicted molar refractivity (Wildman–Crippen MR) is 95.7 cm³/mol. The fraction of sp³-hybridized carbons (Fsp3) is 0.111. The Morgan fingerprint density at radius 2 is 2.04 bits per heavy atom. The van der Waals surface area contributed by atoms with Crippen molar-refractivity contribution >= 4 is 22.6 Å². The fourth-order valence-electron chi connectivity index (χ4n) is 2.59. The first kappa shape index (κ1) is 16.6. The van der Waals surface area contributed by atoms with E-state index in [0.29, 0.717) is 23.1 Å². The van der Waals surface area contributed by atoms with Gasteiger partial charge in [0.15, 0.2) is 0 Å². The average Bonchev–Trinajstić information content (AvgIpc) is 3.34. The maximum absolute atomic E-state index is 12.6. The highest BCUT2D eigenvalue weighted by atomic mass is 16.6. The van der Waals surface area contributed by atoms with Crippen molar-refractivity contribution in [2.24, 2.45) is 0 Å². The number of aromatic amines is 1. The van der Waals surface area contributed by atoms with E-state index >= 15 is 0 Å². The minimum atomic E-state index is -0.524. The summed E-state index contributed by atoms with van der Waals surface area (Å²) < 4.78 is 16.8. The predicted octanol–water partition coefficient (Wildman–Crippen LogP) is 2.79. The zero-order valence-electron chi connectivity index (χ0n) is 14.3. The first-order valence-electron chi connectivity index (χ1n) is 8.06. The zero-order valence-corrected chi connectivity index (χ0v) is 14.3. The molecular weight excluding hydrogens is 350 g/mol. The molecule has 4 aromatic rings. The van der Waals surface area contributed by atoms with Crippen LogP contribution in [0, 0.1) is 0 Å². The molecule has 2 aromatic carbocycles. The van der Waals surface area contributed by atoms with E-state index in [0.717, 1.165) is 5.56 Å². The van der Waals surface area contributed by atoms with Gasteiger partial charge >= 0.3 is 0 Å². The van der Waals surface area contributed by atoms with Crippen LogP contribution in [0.5, 0.6) is 11.7 Å². The van der Waals surface area contributed by atoms with Gasteiger partial charge in [0.25, 0.3) is 17.8 Å². The summed E-state index contributed by atoms with van der Waals surface area (Å²) in [7, 11) is 1.55. The number of benzene rings is 2. The maximum atomic E-state index is 12.6. The molecule has 0 saturated carbocycles. The third-order valence-electron chi connectivity index (χ3n) is 3.88. The molecule has 0 radical (unpaired) electrons. The van der Waals surface area contributed by atoms with E-state index < -0.39 is 5.91 Å². The Labute approximate surface area is 153 Å². The van der Waals surface area contributed by atoms with Crippen LogP contribution >= 0.6 is 0 Å². The molecular formula is C18H15N5O4. The molecule has 0 atom stereocenters. The molecule has 0 aliphatic carbocycles. The summed E-state index contributed by atoms with van der Waals surface area (Å²) in [5, 5.41) is 16.8. The Kier molecular flexibility index (Phi) is 4.40. The molecule has 0 aliphatic rings. The second kappa shape index (κ2) is 7.16. The van der Waals surface area contributed by atoms with E-state index in [4.69, 9.17) is 13.9 Å². The molecule has 136 valence electrons. The van der Waals surface area contributed by atoms with Gasteiger partial charge in [0.1, 0.15) is 12.4 Å². The second-order valence-electron chi connectivity index (χ2n) is 5.59. The number of methoxy groups -OCH3 is 1. The lowest BCUT2D eigenvalue weighted by Gasteiger charge is -2.03. The normalized spacial score (nSPS) is 10.7. The molecule has 2 heterocycles. The lowest BCUT2D eigenvalue weighted by molar-refractivity contribution is 0.0988. The SMILES string of the molecule is COc1ccc2c(OCc3ccccc3)oc(C(=O)Nc3nn[nH]n3)c2c1. The first-order chi connectivity index (χ1) is 13.2. The summed E-state index contributed by atoms with van der Waals surface area (Å²) in [6, 6.07) is 14.9. The number of nitrogens with one attached hydrogen (secondary N) is 2. The van der Waals surface area contributed by atoms with Crippen molar-refractivity contribution < 1.29 is 18.7 Å². The molecule has 2 N–H and O–H groups in total. The standard InChI is InChI=1S/C18H15N5O4/c1-25-12-7-8-13-14(9-12)15(16(24)19-18-20-22-23-21-18)27-17(13)26-10-11-5-3-2-4-6-11/h2-9H,10H2,1H3,(H2,19,20,21,22,23,24). The zero-order chi connectivity index (χ0) is 18.6. The number of rotatable bonds is 6. The van der Waals surface area contributed by atoms with Crippen LogP contribution in [0.25, 0.3) is 10.8 Å². The molecule has 1 amide bonds. The molecule has 0 aliphatic heterocycles. The van der Waals surface area contributed by atoms with Gasteiger partial charge in [0.2, 0.25) is 5.76 Å². The number of fused-ring (bicyclic) bond motifs is 1. The Morgan fingerprint density at radius 3 is 2.78 bits per heavy atom. The topological polar surface area (TPSA) is 115 Å². The van der Waals surface area contributed by atoms with Gasteiger partial charge in [-0.25, -0.2) is 0 Å². The lowest BCUT2D eigenvalue weighted by atomic mass is 10.1. The number of aromatic nitrogens is 4. The van der Waals surface area contributed by atoms with Crippen molar-refractivity contribution in [3.63, 3.8) is 0 Å². The quantitative estimate of drug-likeness (QED) is 0.540. The van der Waals surface area contributed by atoms with Crippen molar-refractivity contribution in [2.45, 2.75) is 6.61 Å². The van der Waals surface area contributed by atoms with Crippen molar-refractivity contribution in [3.05, 3.63) is 59.9 Å². The molecule has 27 heavy (non-hydrogen) atoms. The Bertz CT molecular complexity index is 1060. The minimum Gasteiger partial charge on any atom is -0.497 e. The number of tetrazole rings is 1. The fourth-order valence-corrected chi connectivity index (χ4v) is 2.59. The van der Waals surface area contributed by atoms with Crippen LogP contribution in [0.4, 0.5) is 5.95 Å². The molecule has 9 heteroatoms. The number of carbonyl (C=O) groups excluding carboxylic acids is 1. The van der Waals surface area contributed by atoms with Gasteiger partial charge in [0.05, 0.1) is 12.5 Å². The molecule has 2 aromatic heterocycles. The van der Waals surface area contributed by atoms with Crippen molar-refractivity contribution in [1.29, 1.82) is 0 Å². The van der Waals surface area contributed by atoms with E-state index in [9.17, 15) is 4.79 Å². The van der Waals surface area contributed by atoms with Gasteiger partial charge < -0.3 is 13.9 Å². The van der Waals surface area contributed by atoms with Crippen LogP contribution in [-0.2, 0) is 6.61 Å². The van der Waals surface area contributed by atoms with E-state index in [1.54, 1.807) is 25.3 Å². The monoisotopic (exact) mass is 365 g/mol. The summed E-state index contributed by atoms with van der Waals surface area (Å²) >= 11 is 0. The first-order valence-corrected chi connectivity index (χ1v) is 8.06. The third kappa shape index (κ3) is 3.43. The third-order valence-corrected chi connectivity index (χ3v) is 3.88. The molecule has 0 bridgehead atoms. The molecule has 0 saturated heterocycles. The van der Waals surface area contributed by atoms with Gasteiger partial charge in [-0.05, 0) is 29.0 Å². The van der Waals surface area contributed by atoms with Crippen LogP contribution in [0.3, 0.4) is 0 Å². The molecule has 4 rings (SSSR count). The number of hydrogen-bond donors (Lipinski definition) is 2. The van der Waals surface area contributed by atoms with Crippen molar-refractivity contribution in [3.8, 4) is 11.7 Å². The van der Waals surface area contributed by atoms with Gasteiger partial charge in [-0.2, -0.15) is 5.21 Å². The van der Waals surface area contributed by atoms with Crippen molar-refractivity contribution in [1.82, 2.24) is 20.6 Å². The second-order valence-corrected chi connectivity index (χ2v) is 5.59. The average molecular weight is 365 g/mol. The van der Waals surface area contributed by atoms with Gasteiger partial charge in [0, 0.05) is 5.39 Å². The minimum absolute atomic E-state index is 0.0409. The highest BCUT2D eigenvalue weighted by Gasteiger charge is 2.22. The Balaban J connectivity index is 1.68. The van der Waals surface area contributed by atoms with Gasteiger partial charge in [-0.3, -0.25) is 10.1 Å². The highest BCUT2D eigenvalue weighted by Crippen LogP contribution is 2.35. The smallest absolute Gasteiger partial charge is 0.294 e. The number of hydrogen-bond acceptors (Lipinski definition) is 7. The number of H-pyrrole nitrogens is 1. The summed E-state index contributed by atoms with van der Waals surface area (Å²) in [6.45, 7) is 0.307. The highest BCUT2D eigenvalue weighted by molar-refractivity contribution is 6.11. The van der Waals surface area contributed by atoms with Crippen LogP contribution in [0.1, 0.15) is 16.1 Å². The van der Waals surface area contributed by atoms with E-state index in [1.807, 2.05) is 30.3 Å². The Hall–Kier alpha value is -3.88. The van der Waals surface area contributed by atoms with Crippen LogP contribution in [0.2, 0.25) is 0 Å². The van der Waals surface area contributed by atoms with Gasteiger partial charge in [-0.1, -0.05) is 35.4 Å². The molecule has 0 spiro atoms. The Morgan fingerprint density at radius 1 is 1.19 bits per heavy atom.